The Morgan fingerprint density at radius 3 is 2.61 bits per heavy atom. The fraction of sp³-hybridized carbons (Fsp3) is 0.381. The van der Waals surface area contributed by atoms with Gasteiger partial charge in [-0.05, 0) is 48.9 Å². The van der Waals surface area contributed by atoms with E-state index in [2.05, 4.69) is 4.72 Å². The summed E-state index contributed by atoms with van der Waals surface area (Å²) in [7, 11) is -2.32. The fourth-order valence-corrected chi connectivity index (χ4v) is 5.17. The minimum absolute atomic E-state index is 0.0934. The number of carboxylic acid groups (broad SMARTS) is 1. The Morgan fingerprint density at radius 1 is 1.23 bits per heavy atom. The molecule has 10 heteroatoms. The Labute approximate surface area is 179 Å². The second-order valence-corrected chi connectivity index (χ2v) is 9.22. The summed E-state index contributed by atoms with van der Waals surface area (Å²) in [5.74, 6) is -0.0788. The number of hydrogen-bond donors (Lipinski definition) is 3. The van der Waals surface area contributed by atoms with Gasteiger partial charge in [0.25, 0.3) is 10.0 Å². The van der Waals surface area contributed by atoms with Gasteiger partial charge in [-0.3, -0.25) is 9.52 Å². The predicted octanol–water partition coefficient (Wildman–Crippen LogP) is 1.97. The van der Waals surface area contributed by atoms with Crippen LogP contribution in [0.4, 0.5) is 5.69 Å². The van der Waals surface area contributed by atoms with E-state index in [-0.39, 0.29) is 23.8 Å². The summed E-state index contributed by atoms with van der Waals surface area (Å²) in [6, 6.07) is 11.0. The maximum Gasteiger partial charge on any atom is 0.305 e. The summed E-state index contributed by atoms with van der Waals surface area (Å²) in [6.45, 7) is -0.303. The molecule has 0 spiro atoms. The molecule has 2 aromatic rings. The first-order chi connectivity index (χ1) is 14.8. The first kappa shape index (κ1) is 21.4. The smallest absolute Gasteiger partial charge is 0.305 e. The fourth-order valence-electron chi connectivity index (χ4n) is 4.12. The molecule has 1 fully saturated rings. The molecular weight excluding hydrogens is 426 g/mol. The number of aliphatic hydroxyl groups is 1. The number of sulfonamides is 1. The van der Waals surface area contributed by atoms with Gasteiger partial charge in [0.15, 0.2) is 0 Å². The maximum absolute atomic E-state index is 12.8. The summed E-state index contributed by atoms with van der Waals surface area (Å²) in [5.41, 5.74) is 1.12. The molecule has 0 bridgehead atoms. The molecule has 0 saturated carbocycles. The number of carbonyl (C=O) groups is 1. The van der Waals surface area contributed by atoms with Gasteiger partial charge in [0.2, 0.25) is 0 Å². The molecule has 2 aliphatic heterocycles. The number of ether oxygens (including phenoxy) is 3. The molecule has 4 rings (SSSR count). The Bertz CT molecular complexity index is 1070. The molecule has 166 valence electrons. The zero-order chi connectivity index (χ0) is 22.2. The number of benzene rings is 2. The van der Waals surface area contributed by atoms with Crippen molar-refractivity contribution in [3.63, 3.8) is 0 Å². The third-order valence-electron chi connectivity index (χ3n) is 5.52. The monoisotopic (exact) mass is 449 g/mol. The molecule has 31 heavy (non-hydrogen) atoms. The van der Waals surface area contributed by atoms with Crippen molar-refractivity contribution in [3.8, 4) is 11.5 Å². The highest BCUT2D eigenvalue weighted by molar-refractivity contribution is 7.92. The van der Waals surface area contributed by atoms with Crippen LogP contribution in [0.5, 0.6) is 11.5 Å². The van der Waals surface area contributed by atoms with Gasteiger partial charge in [-0.1, -0.05) is 0 Å². The van der Waals surface area contributed by atoms with Crippen molar-refractivity contribution in [1.29, 1.82) is 0 Å². The van der Waals surface area contributed by atoms with Gasteiger partial charge in [-0.2, -0.15) is 0 Å². The quantitative estimate of drug-likeness (QED) is 0.585. The maximum atomic E-state index is 12.8. The highest BCUT2D eigenvalue weighted by Gasteiger charge is 2.46. The third-order valence-corrected chi connectivity index (χ3v) is 6.92. The van der Waals surface area contributed by atoms with Crippen LogP contribution in [0.25, 0.3) is 0 Å². The normalized spacial score (nSPS) is 24.6. The Hall–Kier alpha value is -2.82. The molecule has 0 amide bonds. The number of carboxylic acids is 1. The lowest BCUT2D eigenvalue weighted by molar-refractivity contribution is -0.153. The number of aliphatic carboxylic acids is 1. The van der Waals surface area contributed by atoms with Crippen molar-refractivity contribution in [2.75, 3.05) is 18.4 Å². The molecular formula is C21H23NO8S. The minimum atomic E-state index is -3.82. The number of hydrogen-bond acceptors (Lipinski definition) is 7. The number of methoxy groups -OCH3 is 1. The molecule has 0 radical (unpaired) electrons. The Morgan fingerprint density at radius 2 is 1.97 bits per heavy atom. The van der Waals surface area contributed by atoms with Crippen LogP contribution in [0, 0.1) is 0 Å². The van der Waals surface area contributed by atoms with E-state index in [1.54, 1.807) is 30.3 Å². The SMILES string of the molecule is COc1ccc(S(=O)(=O)Nc2ccc3c(c2)[C@@H]2C[C@H](CC(=O)O)O[C@@H](CO)[C@@H]2O3)cc1. The van der Waals surface area contributed by atoms with Crippen LogP contribution in [0.15, 0.2) is 47.4 Å². The van der Waals surface area contributed by atoms with E-state index in [1.165, 1.54) is 19.2 Å². The van der Waals surface area contributed by atoms with Crippen molar-refractivity contribution in [2.45, 2.75) is 42.0 Å². The van der Waals surface area contributed by atoms with E-state index in [4.69, 9.17) is 19.3 Å². The van der Waals surface area contributed by atoms with E-state index < -0.39 is 34.3 Å². The third kappa shape index (κ3) is 4.32. The van der Waals surface area contributed by atoms with Gasteiger partial charge >= 0.3 is 5.97 Å². The summed E-state index contributed by atoms with van der Waals surface area (Å²) in [5, 5.41) is 18.8. The largest absolute Gasteiger partial charge is 0.497 e. The van der Waals surface area contributed by atoms with Crippen molar-refractivity contribution >= 4 is 21.7 Å². The van der Waals surface area contributed by atoms with Crippen molar-refractivity contribution in [3.05, 3.63) is 48.0 Å². The van der Waals surface area contributed by atoms with E-state index in [0.29, 0.717) is 23.6 Å². The highest BCUT2D eigenvalue weighted by atomic mass is 32.2. The van der Waals surface area contributed by atoms with Crippen LogP contribution >= 0.6 is 0 Å². The average Bonchev–Trinajstić information content (AvgIpc) is 3.10. The molecule has 9 nitrogen and oxygen atoms in total. The molecule has 4 atom stereocenters. The first-order valence-corrected chi connectivity index (χ1v) is 11.2. The molecule has 3 N–H and O–H groups in total. The molecule has 0 aliphatic carbocycles. The molecule has 2 aliphatic rings. The number of fused-ring (bicyclic) bond motifs is 3. The Balaban J connectivity index is 1.58. The van der Waals surface area contributed by atoms with Gasteiger partial charge in [0.05, 0.1) is 31.1 Å². The van der Waals surface area contributed by atoms with E-state index in [0.717, 1.165) is 5.56 Å². The van der Waals surface area contributed by atoms with Crippen LogP contribution in [-0.2, 0) is 19.6 Å². The number of nitrogens with one attached hydrogen (secondary N) is 1. The summed E-state index contributed by atoms with van der Waals surface area (Å²) < 4.78 is 44.8. The zero-order valence-corrected chi connectivity index (χ0v) is 17.5. The number of aliphatic hydroxyl groups excluding tert-OH is 1. The summed E-state index contributed by atoms with van der Waals surface area (Å²) in [4.78, 5) is 11.2. The average molecular weight is 449 g/mol. The van der Waals surface area contributed by atoms with Gasteiger partial charge in [-0.15, -0.1) is 0 Å². The first-order valence-electron chi connectivity index (χ1n) is 9.76. The Kier molecular flexibility index (Phi) is 5.78. The lowest BCUT2D eigenvalue weighted by atomic mass is 9.84. The van der Waals surface area contributed by atoms with E-state index in [9.17, 15) is 18.3 Å². The van der Waals surface area contributed by atoms with Crippen molar-refractivity contribution in [2.24, 2.45) is 0 Å². The lowest BCUT2D eigenvalue weighted by Crippen LogP contribution is -2.46. The van der Waals surface area contributed by atoms with Crippen molar-refractivity contribution < 1.29 is 37.6 Å². The standard InChI is InChI=1S/C21H23NO8S/c1-28-13-3-5-15(6-4-13)31(26,27)22-12-2-7-18-16(8-12)17-9-14(10-20(24)25)29-19(11-23)21(17)30-18/h2-8,14,17,19,21-23H,9-11H2,1H3,(H,24,25)/t14-,17+,19+,21-/m1/s1. The van der Waals surface area contributed by atoms with Crippen LogP contribution in [0.1, 0.15) is 24.3 Å². The van der Waals surface area contributed by atoms with Crippen LogP contribution in [0.2, 0.25) is 0 Å². The molecule has 1 saturated heterocycles. The van der Waals surface area contributed by atoms with Crippen LogP contribution in [-0.4, -0.2) is 56.6 Å². The van der Waals surface area contributed by atoms with Gasteiger partial charge in [0, 0.05) is 17.2 Å². The van der Waals surface area contributed by atoms with Crippen molar-refractivity contribution in [1.82, 2.24) is 0 Å². The number of anilines is 1. The lowest BCUT2D eigenvalue weighted by Gasteiger charge is -2.36. The van der Waals surface area contributed by atoms with Crippen LogP contribution in [0.3, 0.4) is 0 Å². The molecule has 2 heterocycles. The number of rotatable bonds is 7. The van der Waals surface area contributed by atoms with E-state index in [1.807, 2.05) is 0 Å². The summed E-state index contributed by atoms with van der Waals surface area (Å²) >= 11 is 0. The zero-order valence-electron chi connectivity index (χ0n) is 16.7. The van der Waals surface area contributed by atoms with E-state index >= 15 is 0 Å². The highest BCUT2D eigenvalue weighted by Crippen LogP contribution is 2.47. The second kappa shape index (κ2) is 8.37. The van der Waals surface area contributed by atoms with Gasteiger partial charge in [-0.25, -0.2) is 8.42 Å². The van der Waals surface area contributed by atoms with Gasteiger partial charge in [0.1, 0.15) is 23.7 Å². The minimum Gasteiger partial charge on any atom is -0.497 e. The van der Waals surface area contributed by atoms with Gasteiger partial charge < -0.3 is 24.4 Å². The summed E-state index contributed by atoms with van der Waals surface area (Å²) in [6.07, 6.45) is -1.47. The van der Waals surface area contributed by atoms with Crippen LogP contribution < -0.4 is 14.2 Å². The topological polar surface area (TPSA) is 131 Å². The second-order valence-electron chi connectivity index (χ2n) is 7.54. The molecule has 0 aromatic heterocycles. The molecule has 2 aromatic carbocycles. The molecule has 0 unspecified atom stereocenters. The predicted molar refractivity (Wildman–Crippen MR) is 110 cm³/mol.